The van der Waals surface area contributed by atoms with Crippen LogP contribution in [0.25, 0.3) is 0 Å². The monoisotopic (exact) mass is 521 g/mol. The van der Waals surface area contributed by atoms with E-state index < -0.39 is 78.5 Å². The van der Waals surface area contributed by atoms with Crippen LogP contribution >= 0.6 is 0 Å². The highest BCUT2D eigenvalue weighted by Gasteiger charge is 2.33. The van der Waals surface area contributed by atoms with Crippen molar-refractivity contribution in [3.63, 3.8) is 0 Å². The topological polar surface area (TPSA) is 231 Å². The molecule has 1 rings (SSSR count). The number of carboxylic acid groups (broad SMARTS) is 2. The summed E-state index contributed by atoms with van der Waals surface area (Å²) in [6, 6.07) is 3.50. The quantitative estimate of drug-likeness (QED) is 0.139. The molecule has 0 saturated heterocycles. The molecule has 0 aliphatic rings. The van der Waals surface area contributed by atoms with Gasteiger partial charge in [0.1, 0.15) is 18.1 Å². The van der Waals surface area contributed by atoms with Gasteiger partial charge in [0.25, 0.3) is 0 Å². The lowest BCUT2D eigenvalue weighted by Crippen LogP contribution is -2.59. The lowest BCUT2D eigenvalue weighted by atomic mass is 9.96. The van der Waals surface area contributed by atoms with Crippen LogP contribution in [0.1, 0.15) is 45.1 Å². The normalized spacial score (nSPS) is 14.8. The molecule has 13 nitrogen and oxygen atoms in total. The number of benzene rings is 1. The van der Waals surface area contributed by atoms with E-state index in [0.717, 1.165) is 0 Å². The van der Waals surface area contributed by atoms with Gasteiger partial charge in [-0.25, -0.2) is 4.79 Å². The summed E-state index contributed by atoms with van der Waals surface area (Å²) in [6.45, 7) is 3.48. The average molecular weight is 522 g/mol. The number of nitrogens with one attached hydrogen (secondary N) is 3. The number of amides is 4. The first-order chi connectivity index (χ1) is 17.3. The van der Waals surface area contributed by atoms with E-state index in [1.807, 2.05) is 0 Å². The lowest BCUT2D eigenvalue weighted by Gasteiger charge is -2.28. The maximum Gasteiger partial charge on any atom is 0.326 e. The van der Waals surface area contributed by atoms with E-state index in [1.54, 1.807) is 44.2 Å². The molecule has 1 aromatic carbocycles. The van der Waals surface area contributed by atoms with Crippen LogP contribution in [0.3, 0.4) is 0 Å². The van der Waals surface area contributed by atoms with Gasteiger partial charge in [0.15, 0.2) is 0 Å². The summed E-state index contributed by atoms with van der Waals surface area (Å²) in [7, 11) is 0. The zero-order chi connectivity index (χ0) is 28.1. The highest BCUT2D eigenvalue weighted by Crippen LogP contribution is 2.11. The van der Waals surface area contributed by atoms with Crippen molar-refractivity contribution in [2.75, 3.05) is 0 Å². The number of carboxylic acids is 2. The van der Waals surface area contributed by atoms with E-state index in [4.69, 9.17) is 16.6 Å². The number of hydrogen-bond donors (Lipinski definition) is 7. The van der Waals surface area contributed by atoms with Crippen LogP contribution in [0, 0.1) is 5.92 Å². The zero-order valence-corrected chi connectivity index (χ0v) is 20.8. The van der Waals surface area contributed by atoms with Gasteiger partial charge >= 0.3 is 11.9 Å². The Balaban J connectivity index is 3.15. The van der Waals surface area contributed by atoms with Crippen LogP contribution in [-0.2, 0) is 35.2 Å². The van der Waals surface area contributed by atoms with Gasteiger partial charge in [0.2, 0.25) is 23.6 Å². The van der Waals surface area contributed by atoms with Gasteiger partial charge in [0.05, 0.1) is 12.5 Å². The smallest absolute Gasteiger partial charge is 0.326 e. The first kappa shape index (κ1) is 31.0. The average Bonchev–Trinajstić information content (AvgIpc) is 2.83. The number of primary amides is 1. The van der Waals surface area contributed by atoms with Crippen LogP contribution in [-0.4, -0.2) is 69.9 Å². The van der Waals surface area contributed by atoms with Crippen LogP contribution in [0.4, 0.5) is 0 Å². The minimum atomic E-state index is -1.49. The molecule has 0 heterocycles. The summed E-state index contributed by atoms with van der Waals surface area (Å²) in [5, 5.41) is 25.6. The molecule has 5 unspecified atom stereocenters. The third-order valence-electron chi connectivity index (χ3n) is 5.73. The van der Waals surface area contributed by atoms with Gasteiger partial charge in [0, 0.05) is 12.8 Å². The third-order valence-corrected chi connectivity index (χ3v) is 5.73. The molecular weight excluding hydrogens is 486 g/mol. The van der Waals surface area contributed by atoms with Crippen LogP contribution in [0.5, 0.6) is 0 Å². The van der Waals surface area contributed by atoms with Gasteiger partial charge < -0.3 is 37.6 Å². The number of hydrogen-bond acceptors (Lipinski definition) is 7. The Morgan fingerprint density at radius 2 is 1.49 bits per heavy atom. The fourth-order valence-electron chi connectivity index (χ4n) is 3.39. The van der Waals surface area contributed by atoms with Gasteiger partial charge in [-0.2, -0.15) is 0 Å². The molecule has 0 spiro atoms. The lowest BCUT2D eigenvalue weighted by molar-refractivity contribution is -0.143. The van der Waals surface area contributed by atoms with Crippen molar-refractivity contribution in [3.8, 4) is 0 Å². The maximum absolute atomic E-state index is 13.2. The molecule has 5 atom stereocenters. The number of carbonyl (C=O) groups is 6. The molecule has 0 aromatic heterocycles. The maximum atomic E-state index is 13.2. The molecule has 37 heavy (non-hydrogen) atoms. The van der Waals surface area contributed by atoms with E-state index >= 15 is 0 Å². The Labute approximate surface area is 214 Å². The van der Waals surface area contributed by atoms with E-state index in [9.17, 15) is 33.9 Å². The molecule has 0 saturated carbocycles. The predicted octanol–water partition coefficient (Wildman–Crippen LogP) is -1.12. The van der Waals surface area contributed by atoms with Gasteiger partial charge in [-0.15, -0.1) is 0 Å². The predicted molar refractivity (Wildman–Crippen MR) is 132 cm³/mol. The molecule has 204 valence electrons. The second-order valence-corrected chi connectivity index (χ2v) is 8.73. The van der Waals surface area contributed by atoms with Crippen molar-refractivity contribution in [1.29, 1.82) is 0 Å². The highest BCUT2D eigenvalue weighted by molar-refractivity contribution is 5.95. The Hall–Kier alpha value is -4.00. The molecule has 0 fully saturated rings. The van der Waals surface area contributed by atoms with Gasteiger partial charge in [-0.3, -0.25) is 24.0 Å². The number of carbonyl (C=O) groups excluding carboxylic acids is 4. The van der Waals surface area contributed by atoms with Crippen molar-refractivity contribution in [3.05, 3.63) is 35.9 Å². The van der Waals surface area contributed by atoms with Crippen molar-refractivity contribution < 1.29 is 39.0 Å². The van der Waals surface area contributed by atoms with Crippen LogP contribution in [0.2, 0.25) is 0 Å². The summed E-state index contributed by atoms with van der Waals surface area (Å²) in [5.74, 6) is -6.17. The fraction of sp³-hybridized carbons (Fsp3) is 0.500. The number of nitrogens with two attached hydrogens (primary N) is 2. The zero-order valence-electron chi connectivity index (χ0n) is 20.8. The first-order valence-corrected chi connectivity index (χ1v) is 11.8. The molecule has 13 heteroatoms. The summed E-state index contributed by atoms with van der Waals surface area (Å²) in [5.41, 5.74) is 11.4. The van der Waals surface area contributed by atoms with Crippen LogP contribution in [0.15, 0.2) is 30.3 Å². The van der Waals surface area contributed by atoms with Crippen molar-refractivity contribution >= 4 is 35.6 Å². The van der Waals surface area contributed by atoms with Crippen molar-refractivity contribution in [2.45, 2.75) is 70.1 Å². The van der Waals surface area contributed by atoms with E-state index in [1.165, 1.54) is 0 Å². The molecule has 4 amide bonds. The molecule has 0 radical (unpaired) electrons. The molecule has 0 aliphatic heterocycles. The van der Waals surface area contributed by atoms with Gasteiger partial charge in [-0.1, -0.05) is 50.6 Å². The minimum Gasteiger partial charge on any atom is -0.481 e. The molecule has 0 aliphatic carbocycles. The minimum absolute atomic E-state index is 0.00789. The van der Waals surface area contributed by atoms with E-state index in [2.05, 4.69) is 16.0 Å². The van der Waals surface area contributed by atoms with E-state index in [0.29, 0.717) is 12.0 Å². The molecule has 0 bridgehead atoms. The summed E-state index contributed by atoms with van der Waals surface area (Å²) in [6.07, 6.45) is -0.805. The van der Waals surface area contributed by atoms with Gasteiger partial charge in [-0.05, 0) is 17.9 Å². The summed E-state index contributed by atoms with van der Waals surface area (Å²) in [4.78, 5) is 72.3. The van der Waals surface area contributed by atoms with Crippen LogP contribution < -0.4 is 27.4 Å². The Morgan fingerprint density at radius 1 is 0.892 bits per heavy atom. The second-order valence-electron chi connectivity index (χ2n) is 8.73. The van der Waals surface area contributed by atoms with Crippen molar-refractivity contribution in [1.82, 2.24) is 16.0 Å². The SMILES string of the molecule is CCC(C)C(NC(=O)C(N)CC(N)=O)C(=O)NC(Cc1ccccc1)C(=O)NC(CCC(=O)O)C(=O)O. The molecule has 1 aromatic rings. The van der Waals surface area contributed by atoms with E-state index in [-0.39, 0.29) is 12.8 Å². The number of aliphatic carboxylic acids is 2. The molecule has 9 N–H and O–H groups in total. The Bertz CT molecular complexity index is 971. The van der Waals surface area contributed by atoms with Crippen molar-refractivity contribution in [2.24, 2.45) is 17.4 Å². The standard InChI is InChI=1S/C24H35N5O8/c1-3-13(2)20(29-21(33)15(25)12-18(26)30)23(35)28-17(11-14-7-5-4-6-8-14)22(34)27-16(24(36)37)9-10-19(31)32/h4-8,13,15-17,20H,3,9-12,25H2,1-2H3,(H2,26,30)(H,27,34)(H,28,35)(H,29,33)(H,31,32)(H,36,37). The molecular formula is C24H35N5O8. The fourth-order valence-corrected chi connectivity index (χ4v) is 3.39. The number of rotatable bonds is 16. The first-order valence-electron chi connectivity index (χ1n) is 11.8. The third kappa shape index (κ3) is 11.1. The summed E-state index contributed by atoms with van der Waals surface area (Å²) < 4.78 is 0. The highest BCUT2D eigenvalue weighted by atomic mass is 16.4. The Kier molecular flexibility index (Phi) is 12.7. The second kappa shape index (κ2) is 15.2. The Morgan fingerprint density at radius 3 is 2.00 bits per heavy atom. The summed E-state index contributed by atoms with van der Waals surface area (Å²) >= 11 is 0. The largest absolute Gasteiger partial charge is 0.481 e.